The van der Waals surface area contributed by atoms with Crippen molar-refractivity contribution in [1.82, 2.24) is 0 Å². The van der Waals surface area contributed by atoms with E-state index in [0.29, 0.717) is 5.41 Å². The summed E-state index contributed by atoms with van der Waals surface area (Å²) >= 11 is 0. The standard InChI is InChI=1S/C12H22.C4H8/c1-10(2)7-8-12(5,6)9-11(3)4;1-4(2)3/h7H,3,8-9H2,1-2,4-6H3;1H2,2-3H3. The number of rotatable bonds is 4. The van der Waals surface area contributed by atoms with Gasteiger partial charge in [-0.25, -0.2) is 0 Å². The lowest BCUT2D eigenvalue weighted by Gasteiger charge is -2.23. The fourth-order valence-electron chi connectivity index (χ4n) is 1.37. The van der Waals surface area contributed by atoms with Gasteiger partial charge in [-0.2, -0.15) is 0 Å². The zero-order valence-electron chi connectivity index (χ0n) is 12.4. The molecule has 0 heterocycles. The summed E-state index contributed by atoms with van der Waals surface area (Å²) in [6.45, 7) is 22.4. The number of hydrogen-bond donors (Lipinski definition) is 0. The Kier molecular flexibility index (Phi) is 9.22. The van der Waals surface area contributed by atoms with Crippen molar-refractivity contribution in [2.45, 2.75) is 61.3 Å². The van der Waals surface area contributed by atoms with Crippen molar-refractivity contribution < 1.29 is 0 Å². The van der Waals surface area contributed by atoms with Crippen molar-refractivity contribution in [2.24, 2.45) is 5.41 Å². The van der Waals surface area contributed by atoms with Crippen molar-refractivity contribution in [3.63, 3.8) is 0 Å². The van der Waals surface area contributed by atoms with E-state index in [4.69, 9.17) is 0 Å². The highest BCUT2D eigenvalue weighted by atomic mass is 14.2. The van der Waals surface area contributed by atoms with Crippen LogP contribution in [-0.4, -0.2) is 0 Å². The van der Waals surface area contributed by atoms with Crippen LogP contribution >= 0.6 is 0 Å². The second kappa shape index (κ2) is 8.38. The summed E-state index contributed by atoms with van der Waals surface area (Å²) in [5.41, 5.74) is 4.23. The van der Waals surface area contributed by atoms with Gasteiger partial charge in [-0.3, -0.25) is 0 Å². The maximum atomic E-state index is 3.95. The van der Waals surface area contributed by atoms with E-state index >= 15 is 0 Å². The summed E-state index contributed by atoms with van der Waals surface area (Å²) in [6, 6.07) is 0. The average molecular weight is 222 g/mol. The lowest BCUT2D eigenvalue weighted by atomic mass is 9.83. The van der Waals surface area contributed by atoms with Crippen LogP contribution in [0.5, 0.6) is 0 Å². The Bertz CT molecular complexity index is 243. The summed E-state index contributed by atoms with van der Waals surface area (Å²) in [4.78, 5) is 0. The summed E-state index contributed by atoms with van der Waals surface area (Å²) in [5.74, 6) is 0. The molecular weight excluding hydrogens is 192 g/mol. The minimum absolute atomic E-state index is 0.378. The van der Waals surface area contributed by atoms with Crippen molar-refractivity contribution in [3.05, 3.63) is 36.0 Å². The maximum Gasteiger partial charge on any atom is -0.0271 e. The quantitative estimate of drug-likeness (QED) is 0.518. The SMILES string of the molecule is C=C(C)C.C=C(C)CC(C)(C)CC=C(C)C. The van der Waals surface area contributed by atoms with Crippen LogP contribution in [0.3, 0.4) is 0 Å². The van der Waals surface area contributed by atoms with Gasteiger partial charge in [0, 0.05) is 0 Å². The molecule has 0 saturated carbocycles. The molecule has 0 spiro atoms. The highest BCUT2D eigenvalue weighted by Crippen LogP contribution is 2.29. The summed E-state index contributed by atoms with van der Waals surface area (Å²) < 4.78 is 0. The molecular formula is C16H30. The Hall–Kier alpha value is -0.780. The first-order valence-electron chi connectivity index (χ1n) is 5.96. The van der Waals surface area contributed by atoms with Gasteiger partial charge in [0.15, 0.2) is 0 Å². The molecule has 0 nitrogen and oxygen atoms in total. The minimum atomic E-state index is 0.378. The van der Waals surface area contributed by atoms with Gasteiger partial charge in [-0.15, -0.1) is 13.2 Å². The first-order chi connectivity index (χ1) is 7.07. The van der Waals surface area contributed by atoms with Crippen LogP contribution in [0.15, 0.2) is 36.0 Å². The van der Waals surface area contributed by atoms with Crippen LogP contribution in [-0.2, 0) is 0 Å². The molecule has 0 aromatic carbocycles. The fourth-order valence-corrected chi connectivity index (χ4v) is 1.37. The molecule has 0 aromatic heterocycles. The summed E-state index contributed by atoms with van der Waals surface area (Å²) in [5, 5.41) is 0. The topological polar surface area (TPSA) is 0 Å². The molecule has 0 aromatic rings. The molecule has 16 heavy (non-hydrogen) atoms. The van der Waals surface area contributed by atoms with Gasteiger partial charge in [0.1, 0.15) is 0 Å². The van der Waals surface area contributed by atoms with Gasteiger partial charge in [-0.05, 0) is 52.9 Å². The zero-order valence-corrected chi connectivity index (χ0v) is 12.4. The van der Waals surface area contributed by atoms with Gasteiger partial charge in [0.25, 0.3) is 0 Å². The first-order valence-corrected chi connectivity index (χ1v) is 5.96. The molecule has 0 radical (unpaired) electrons. The van der Waals surface area contributed by atoms with E-state index in [1.165, 1.54) is 16.7 Å². The summed E-state index contributed by atoms with van der Waals surface area (Å²) in [6.07, 6.45) is 4.59. The third-order valence-corrected chi connectivity index (χ3v) is 1.84. The molecule has 0 fully saturated rings. The molecule has 0 heteroatoms. The lowest BCUT2D eigenvalue weighted by Crippen LogP contribution is -2.10. The largest absolute Gasteiger partial charge is 0.100 e. The van der Waals surface area contributed by atoms with Crippen LogP contribution < -0.4 is 0 Å². The van der Waals surface area contributed by atoms with Crippen LogP contribution in [0.1, 0.15) is 61.3 Å². The van der Waals surface area contributed by atoms with Crippen molar-refractivity contribution in [1.29, 1.82) is 0 Å². The monoisotopic (exact) mass is 222 g/mol. The van der Waals surface area contributed by atoms with Crippen LogP contribution in [0, 0.1) is 5.41 Å². The Labute approximate surface area is 103 Å². The lowest BCUT2D eigenvalue weighted by molar-refractivity contribution is 0.367. The molecule has 0 amide bonds. The van der Waals surface area contributed by atoms with Gasteiger partial charge in [0.05, 0.1) is 0 Å². The zero-order chi connectivity index (χ0) is 13.4. The third kappa shape index (κ3) is 18.9. The highest BCUT2D eigenvalue weighted by Gasteiger charge is 2.15. The molecule has 0 aliphatic heterocycles. The first kappa shape index (κ1) is 17.6. The van der Waals surface area contributed by atoms with E-state index in [0.717, 1.165) is 12.8 Å². The predicted molar refractivity (Wildman–Crippen MR) is 77.7 cm³/mol. The van der Waals surface area contributed by atoms with Crippen molar-refractivity contribution >= 4 is 0 Å². The summed E-state index contributed by atoms with van der Waals surface area (Å²) in [7, 11) is 0. The Morgan fingerprint density at radius 1 is 1.00 bits per heavy atom. The molecule has 0 aliphatic carbocycles. The van der Waals surface area contributed by atoms with E-state index < -0.39 is 0 Å². The average Bonchev–Trinajstić information content (AvgIpc) is 1.97. The van der Waals surface area contributed by atoms with Crippen LogP contribution in [0.4, 0.5) is 0 Å². The van der Waals surface area contributed by atoms with E-state index in [-0.39, 0.29) is 0 Å². The van der Waals surface area contributed by atoms with Crippen molar-refractivity contribution in [2.75, 3.05) is 0 Å². The molecule has 0 rings (SSSR count). The maximum absolute atomic E-state index is 3.95. The fraction of sp³-hybridized carbons (Fsp3) is 0.625. The Morgan fingerprint density at radius 3 is 1.62 bits per heavy atom. The third-order valence-electron chi connectivity index (χ3n) is 1.84. The smallest absolute Gasteiger partial charge is 0.0271 e. The van der Waals surface area contributed by atoms with Crippen LogP contribution in [0.25, 0.3) is 0 Å². The highest BCUT2D eigenvalue weighted by molar-refractivity contribution is 5.00. The van der Waals surface area contributed by atoms with Crippen LogP contribution in [0.2, 0.25) is 0 Å². The van der Waals surface area contributed by atoms with E-state index in [9.17, 15) is 0 Å². The van der Waals surface area contributed by atoms with Gasteiger partial charge < -0.3 is 0 Å². The van der Waals surface area contributed by atoms with Gasteiger partial charge in [0.2, 0.25) is 0 Å². The van der Waals surface area contributed by atoms with Crippen molar-refractivity contribution in [3.8, 4) is 0 Å². The molecule has 0 atom stereocenters. The normalized spacial score (nSPS) is 9.94. The molecule has 0 bridgehead atoms. The molecule has 0 N–H and O–H groups in total. The second-order valence-electron chi connectivity index (χ2n) is 5.99. The molecule has 0 aliphatic rings. The second-order valence-corrected chi connectivity index (χ2v) is 5.99. The van der Waals surface area contributed by atoms with E-state index in [2.05, 4.69) is 53.9 Å². The minimum Gasteiger partial charge on any atom is -0.100 e. The Balaban J connectivity index is 0. The Morgan fingerprint density at radius 2 is 1.38 bits per heavy atom. The van der Waals surface area contributed by atoms with E-state index in [1.807, 2.05) is 13.8 Å². The van der Waals surface area contributed by atoms with Gasteiger partial charge >= 0.3 is 0 Å². The number of hydrogen-bond acceptors (Lipinski definition) is 0. The van der Waals surface area contributed by atoms with Gasteiger partial charge in [-0.1, -0.05) is 36.6 Å². The molecule has 0 saturated heterocycles. The predicted octanol–water partition coefficient (Wildman–Crippen LogP) is 5.92. The molecule has 94 valence electrons. The van der Waals surface area contributed by atoms with E-state index in [1.54, 1.807) is 0 Å². The number of allylic oxidation sites excluding steroid dienone is 4. The molecule has 0 unspecified atom stereocenters.